The first kappa shape index (κ1) is 13.1. The van der Waals surface area contributed by atoms with Gasteiger partial charge in [-0.05, 0) is 36.8 Å². The minimum atomic E-state index is -0.734. The molecule has 0 saturated carbocycles. The van der Waals surface area contributed by atoms with Crippen LogP contribution in [-0.4, -0.2) is 24.3 Å². The van der Waals surface area contributed by atoms with Gasteiger partial charge in [0.1, 0.15) is 0 Å². The third-order valence-electron chi connectivity index (χ3n) is 3.75. The summed E-state index contributed by atoms with van der Waals surface area (Å²) in [6, 6.07) is 8.24. The van der Waals surface area contributed by atoms with Gasteiger partial charge in [-0.1, -0.05) is 31.2 Å². The zero-order valence-electron chi connectivity index (χ0n) is 10.8. The second-order valence-corrected chi connectivity index (χ2v) is 5.09. The number of benzene rings is 1. The smallest absolute Gasteiger partial charge is 0.312 e. The van der Waals surface area contributed by atoms with Crippen molar-refractivity contribution in [1.29, 1.82) is 0 Å². The van der Waals surface area contributed by atoms with E-state index in [9.17, 15) is 9.90 Å². The summed E-state index contributed by atoms with van der Waals surface area (Å²) in [4.78, 5) is 11.5. The van der Waals surface area contributed by atoms with Crippen LogP contribution in [0, 0.1) is 5.41 Å². The van der Waals surface area contributed by atoms with Crippen molar-refractivity contribution in [2.24, 2.45) is 5.41 Å². The Kier molecular flexibility index (Phi) is 4.02. The zero-order valence-corrected chi connectivity index (χ0v) is 10.8. The summed E-state index contributed by atoms with van der Waals surface area (Å²) in [6.07, 6.45) is 3.11. The van der Waals surface area contributed by atoms with Crippen molar-refractivity contribution in [3.8, 4) is 0 Å². The summed E-state index contributed by atoms with van der Waals surface area (Å²) in [5, 5.41) is 9.47. The molecule has 3 heteroatoms. The second-order valence-electron chi connectivity index (χ2n) is 5.09. The van der Waals surface area contributed by atoms with Crippen LogP contribution in [0.4, 0.5) is 0 Å². The van der Waals surface area contributed by atoms with Gasteiger partial charge in [-0.3, -0.25) is 4.79 Å². The van der Waals surface area contributed by atoms with Gasteiger partial charge in [0, 0.05) is 6.61 Å². The number of rotatable bonds is 4. The van der Waals surface area contributed by atoms with Crippen molar-refractivity contribution in [1.82, 2.24) is 0 Å². The lowest BCUT2D eigenvalue weighted by Crippen LogP contribution is -2.41. The lowest BCUT2D eigenvalue weighted by Gasteiger charge is -2.33. The largest absolute Gasteiger partial charge is 0.481 e. The zero-order chi connectivity index (χ0) is 13.0. The summed E-state index contributed by atoms with van der Waals surface area (Å²) >= 11 is 0. The van der Waals surface area contributed by atoms with Crippen LogP contribution in [0.25, 0.3) is 0 Å². The van der Waals surface area contributed by atoms with E-state index in [1.54, 1.807) is 0 Å². The molecule has 1 unspecified atom stereocenters. The van der Waals surface area contributed by atoms with Crippen LogP contribution in [0.5, 0.6) is 0 Å². The van der Waals surface area contributed by atoms with Crippen LogP contribution >= 0.6 is 0 Å². The van der Waals surface area contributed by atoms with Gasteiger partial charge in [-0.15, -0.1) is 0 Å². The topological polar surface area (TPSA) is 46.5 Å². The molecule has 1 aliphatic heterocycles. The van der Waals surface area contributed by atoms with Crippen LogP contribution in [0.3, 0.4) is 0 Å². The standard InChI is InChI=1S/C15H20O3/c1-2-12-4-6-13(7-5-12)10-15(14(16)17)8-3-9-18-11-15/h4-7H,2-3,8-11H2,1H3,(H,16,17). The fourth-order valence-corrected chi connectivity index (χ4v) is 2.52. The number of hydrogen-bond donors (Lipinski definition) is 1. The minimum Gasteiger partial charge on any atom is -0.481 e. The highest BCUT2D eigenvalue weighted by atomic mass is 16.5. The van der Waals surface area contributed by atoms with E-state index in [0.29, 0.717) is 26.1 Å². The Labute approximate surface area is 108 Å². The quantitative estimate of drug-likeness (QED) is 0.891. The number of aliphatic carboxylic acids is 1. The molecule has 0 aliphatic carbocycles. The van der Waals surface area contributed by atoms with Crippen molar-refractivity contribution in [3.63, 3.8) is 0 Å². The molecule has 1 aliphatic rings. The predicted molar refractivity (Wildman–Crippen MR) is 69.6 cm³/mol. The van der Waals surface area contributed by atoms with E-state index in [2.05, 4.69) is 19.1 Å². The molecule has 1 heterocycles. The first-order chi connectivity index (χ1) is 8.66. The van der Waals surface area contributed by atoms with Crippen LogP contribution in [0.1, 0.15) is 30.9 Å². The maximum Gasteiger partial charge on any atom is 0.312 e. The van der Waals surface area contributed by atoms with Gasteiger partial charge in [-0.2, -0.15) is 0 Å². The van der Waals surface area contributed by atoms with E-state index in [1.807, 2.05) is 12.1 Å². The summed E-state index contributed by atoms with van der Waals surface area (Å²) in [5.74, 6) is -0.734. The molecule has 1 atom stereocenters. The maximum absolute atomic E-state index is 11.5. The van der Waals surface area contributed by atoms with Gasteiger partial charge in [-0.25, -0.2) is 0 Å². The van der Waals surface area contributed by atoms with Gasteiger partial charge < -0.3 is 9.84 Å². The van der Waals surface area contributed by atoms with Gasteiger partial charge in [0.25, 0.3) is 0 Å². The molecule has 1 aromatic carbocycles. The Bertz CT molecular complexity index is 402. The molecule has 0 bridgehead atoms. The highest BCUT2D eigenvalue weighted by Gasteiger charge is 2.40. The maximum atomic E-state index is 11.5. The van der Waals surface area contributed by atoms with Crippen molar-refractivity contribution >= 4 is 5.97 Å². The van der Waals surface area contributed by atoms with Crippen molar-refractivity contribution in [3.05, 3.63) is 35.4 Å². The van der Waals surface area contributed by atoms with Gasteiger partial charge in [0.05, 0.1) is 12.0 Å². The van der Waals surface area contributed by atoms with Gasteiger partial charge in [0.2, 0.25) is 0 Å². The Hall–Kier alpha value is -1.35. The Balaban J connectivity index is 2.15. The molecule has 1 saturated heterocycles. The molecule has 1 fully saturated rings. The molecule has 1 N–H and O–H groups in total. The number of ether oxygens (including phenoxy) is 1. The lowest BCUT2D eigenvalue weighted by atomic mass is 9.77. The first-order valence-corrected chi connectivity index (χ1v) is 6.55. The molecular formula is C15H20O3. The summed E-state index contributed by atoms with van der Waals surface area (Å²) in [5.41, 5.74) is 1.63. The van der Waals surface area contributed by atoms with Crippen LogP contribution in [0.2, 0.25) is 0 Å². The number of aryl methyl sites for hydroxylation is 1. The van der Waals surface area contributed by atoms with Crippen LogP contribution in [-0.2, 0) is 22.4 Å². The van der Waals surface area contributed by atoms with E-state index < -0.39 is 11.4 Å². The molecule has 3 nitrogen and oxygen atoms in total. The van der Waals surface area contributed by atoms with E-state index in [4.69, 9.17) is 4.74 Å². The Morgan fingerprint density at radius 2 is 2.00 bits per heavy atom. The number of carboxylic acid groups (broad SMARTS) is 1. The van der Waals surface area contributed by atoms with Crippen molar-refractivity contribution < 1.29 is 14.6 Å². The van der Waals surface area contributed by atoms with Crippen molar-refractivity contribution in [2.45, 2.75) is 32.6 Å². The van der Waals surface area contributed by atoms with Gasteiger partial charge >= 0.3 is 5.97 Å². The molecular weight excluding hydrogens is 228 g/mol. The minimum absolute atomic E-state index is 0.331. The molecule has 1 aromatic rings. The monoisotopic (exact) mass is 248 g/mol. The molecule has 0 radical (unpaired) electrons. The molecule has 0 aromatic heterocycles. The fraction of sp³-hybridized carbons (Fsp3) is 0.533. The van der Waals surface area contributed by atoms with E-state index in [1.165, 1.54) is 5.56 Å². The third kappa shape index (κ3) is 2.72. The third-order valence-corrected chi connectivity index (χ3v) is 3.75. The summed E-state index contributed by atoms with van der Waals surface area (Å²) < 4.78 is 5.38. The number of carboxylic acids is 1. The van der Waals surface area contributed by atoms with E-state index in [0.717, 1.165) is 18.4 Å². The predicted octanol–water partition coefficient (Wildman–Crippen LogP) is 2.67. The SMILES string of the molecule is CCc1ccc(CC2(C(=O)O)CCCOC2)cc1. The molecule has 0 amide bonds. The molecule has 2 rings (SSSR count). The summed E-state index contributed by atoms with van der Waals surface area (Å²) in [6.45, 7) is 3.13. The number of carbonyl (C=O) groups is 1. The Morgan fingerprint density at radius 3 is 2.50 bits per heavy atom. The van der Waals surface area contributed by atoms with E-state index in [-0.39, 0.29) is 0 Å². The van der Waals surface area contributed by atoms with Gasteiger partial charge in [0.15, 0.2) is 0 Å². The second kappa shape index (κ2) is 5.53. The van der Waals surface area contributed by atoms with E-state index >= 15 is 0 Å². The average Bonchev–Trinajstić information content (AvgIpc) is 2.40. The normalized spacial score (nSPS) is 23.8. The van der Waals surface area contributed by atoms with Crippen LogP contribution < -0.4 is 0 Å². The molecule has 18 heavy (non-hydrogen) atoms. The van der Waals surface area contributed by atoms with Crippen LogP contribution in [0.15, 0.2) is 24.3 Å². The average molecular weight is 248 g/mol. The fourth-order valence-electron chi connectivity index (χ4n) is 2.52. The lowest BCUT2D eigenvalue weighted by molar-refractivity contribution is -0.157. The number of hydrogen-bond acceptors (Lipinski definition) is 2. The highest BCUT2D eigenvalue weighted by Crippen LogP contribution is 2.33. The first-order valence-electron chi connectivity index (χ1n) is 6.55. The summed E-state index contributed by atoms with van der Waals surface area (Å²) in [7, 11) is 0. The molecule has 98 valence electrons. The highest BCUT2D eigenvalue weighted by molar-refractivity contribution is 5.75. The molecule has 0 spiro atoms. The Morgan fingerprint density at radius 1 is 1.33 bits per heavy atom. The van der Waals surface area contributed by atoms with Crippen molar-refractivity contribution in [2.75, 3.05) is 13.2 Å².